The van der Waals surface area contributed by atoms with E-state index in [1.165, 1.54) is 12.1 Å². The first-order valence-electron chi connectivity index (χ1n) is 8.25. The fourth-order valence-corrected chi connectivity index (χ4v) is 2.34. The summed E-state index contributed by atoms with van der Waals surface area (Å²) in [6.07, 6.45) is -4.43. The van der Waals surface area contributed by atoms with E-state index in [1.807, 2.05) is 31.2 Å². The first-order valence-corrected chi connectivity index (χ1v) is 8.25. The Balaban J connectivity index is 1.96. The van der Waals surface area contributed by atoms with Gasteiger partial charge < -0.3 is 10.1 Å². The third kappa shape index (κ3) is 4.72. The smallest absolute Gasteiger partial charge is 0.416 e. The maximum atomic E-state index is 12.9. The van der Waals surface area contributed by atoms with Crippen LogP contribution in [0.3, 0.4) is 0 Å². The van der Waals surface area contributed by atoms with E-state index in [9.17, 15) is 13.2 Å². The zero-order valence-electron chi connectivity index (χ0n) is 14.7. The van der Waals surface area contributed by atoms with Crippen molar-refractivity contribution in [1.29, 1.82) is 0 Å². The monoisotopic (exact) mass is 374 g/mol. The largest absolute Gasteiger partial charge is 0.464 e. The molecule has 0 unspecified atom stereocenters. The molecule has 0 aliphatic carbocycles. The maximum Gasteiger partial charge on any atom is 0.416 e. The number of hydrogen-bond acceptors (Lipinski definition) is 5. The normalized spacial score (nSPS) is 11.3. The van der Waals surface area contributed by atoms with E-state index in [0.29, 0.717) is 12.4 Å². The fraction of sp³-hybridized carbons (Fsp3) is 0.211. The Morgan fingerprint density at radius 2 is 1.74 bits per heavy atom. The number of nitrogens with one attached hydrogen (secondary N) is 1. The Morgan fingerprint density at radius 1 is 1.00 bits per heavy atom. The van der Waals surface area contributed by atoms with E-state index in [0.717, 1.165) is 23.3 Å². The van der Waals surface area contributed by atoms with Crippen LogP contribution in [0, 0.1) is 6.92 Å². The van der Waals surface area contributed by atoms with Gasteiger partial charge in [0.1, 0.15) is 0 Å². The summed E-state index contributed by atoms with van der Waals surface area (Å²) in [6.45, 7) is 4.10. The highest BCUT2D eigenvalue weighted by Crippen LogP contribution is 2.31. The summed E-state index contributed by atoms with van der Waals surface area (Å²) in [6, 6.07) is 12.5. The number of anilines is 2. The molecule has 0 aliphatic heterocycles. The van der Waals surface area contributed by atoms with Crippen molar-refractivity contribution in [3.63, 3.8) is 0 Å². The number of hydrogen-bond donors (Lipinski definition) is 1. The van der Waals surface area contributed by atoms with Crippen LogP contribution in [0.4, 0.5) is 24.8 Å². The highest BCUT2D eigenvalue weighted by Gasteiger charge is 2.30. The number of nitrogens with zero attached hydrogens (tertiary/aromatic N) is 3. The standard InChI is InChI=1S/C19H17F3N4O/c1-3-27-18-25-16(13-9-7-12(2)8-10-13)24-17(26-18)23-15-6-4-5-14(11-15)19(20,21)22/h4-11H,3H2,1-2H3,(H,23,24,25,26). The molecule has 2 aromatic carbocycles. The van der Waals surface area contributed by atoms with Crippen LogP contribution in [0.15, 0.2) is 48.5 Å². The number of ether oxygens (including phenoxy) is 1. The molecule has 0 bridgehead atoms. The van der Waals surface area contributed by atoms with E-state index in [1.54, 1.807) is 6.92 Å². The van der Waals surface area contributed by atoms with Crippen LogP contribution >= 0.6 is 0 Å². The van der Waals surface area contributed by atoms with Crippen LogP contribution in [-0.4, -0.2) is 21.6 Å². The van der Waals surface area contributed by atoms with E-state index in [4.69, 9.17) is 4.74 Å². The van der Waals surface area contributed by atoms with Crippen molar-refractivity contribution < 1.29 is 17.9 Å². The lowest BCUT2D eigenvalue weighted by atomic mass is 10.1. The second kappa shape index (κ2) is 7.61. The molecule has 1 heterocycles. The minimum Gasteiger partial charge on any atom is -0.464 e. The fourth-order valence-electron chi connectivity index (χ4n) is 2.34. The van der Waals surface area contributed by atoms with Gasteiger partial charge in [0.25, 0.3) is 0 Å². The third-order valence-corrected chi connectivity index (χ3v) is 3.64. The van der Waals surface area contributed by atoms with Crippen molar-refractivity contribution in [1.82, 2.24) is 15.0 Å². The Hall–Kier alpha value is -3.16. The molecule has 8 heteroatoms. The molecule has 0 aliphatic rings. The molecule has 1 N–H and O–H groups in total. The third-order valence-electron chi connectivity index (χ3n) is 3.64. The molecule has 0 spiro atoms. The molecule has 0 saturated heterocycles. The van der Waals surface area contributed by atoms with Crippen molar-refractivity contribution in [3.05, 3.63) is 59.7 Å². The van der Waals surface area contributed by atoms with Crippen molar-refractivity contribution >= 4 is 11.6 Å². The topological polar surface area (TPSA) is 59.9 Å². The van der Waals surface area contributed by atoms with Gasteiger partial charge in [0.05, 0.1) is 12.2 Å². The molecule has 5 nitrogen and oxygen atoms in total. The molecule has 0 fully saturated rings. The molecule has 0 amide bonds. The predicted molar refractivity (Wildman–Crippen MR) is 95.9 cm³/mol. The molecule has 3 rings (SSSR count). The molecular formula is C19H17F3N4O. The van der Waals surface area contributed by atoms with Gasteiger partial charge in [-0.1, -0.05) is 35.9 Å². The minimum atomic E-state index is -4.43. The summed E-state index contributed by atoms with van der Waals surface area (Å²) in [5.74, 6) is 0.464. The number of aryl methyl sites for hydroxylation is 1. The van der Waals surface area contributed by atoms with Crippen LogP contribution in [-0.2, 0) is 6.18 Å². The second-order valence-corrected chi connectivity index (χ2v) is 5.77. The van der Waals surface area contributed by atoms with Crippen LogP contribution in [0.2, 0.25) is 0 Å². The van der Waals surface area contributed by atoms with Crippen molar-refractivity contribution in [2.45, 2.75) is 20.0 Å². The van der Waals surface area contributed by atoms with E-state index in [2.05, 4.69) is 20.3 Å². The van der Waals surface area contributed by atoms with Crippen molar-refractivity contribution in [3.8, 4) is 17.4 Å². The Kier molecular flexibility index (Phi) is 5.25. The lowest BCUT2D eigenvalue weighted by molar-refractivity contribution is -0.137. The van der Waals surface area contributed by atoms with Crippen molar-refractivity contribution in [2.75, 3.05) is 11.9 Å². The molecule has 3 aromatic rings. The molecule has 0 radical (unpaired) electrons. The number of aromatic nitrogens is 3. The predicted octanol–water partition coefficient (Wildman–Crippen LogP) is 5.01. The number of alkyl halides is 3. The van der Waals surface area contributed by atoms with Crippen molar-refractivity contribution in [2.24, 2.45) is 0 Å². The summed E-state index contributed by atoms with van der Waals surface area (Å²) in [5.41, 5.74) is 1.29. The number of rotatable bonds is 5. The van der Waals surface area contributed by atoms with Gasteiger partial charge in [-0.15, -0.1) is 0 Å². The Morgan fingerprint density at radius 3 is 2.41 bits per heavy atom. The van der Waals surface area contributed by atoms with Gasteiger partial charge in [0.15, 0.2) is 5.82 Å². The van der Waals surface area contributed by atoms with Gasteiger partial charge >= 0.3 is 12.2 Å². The summed E-state index contributed by atoms with van der Waals surface area (Å²) < 4.78 is 44.1. The van der Waals surface area contributed by atoms with Gasteiger partial charge in [-0.2, -0.15) is 28.1 Å². The summed E-state index contributed by atoms with van der Waals surface area (Å²) in [7, 11) is 0. The van der Waals surface area contributed by atoms with Crippen LogP contribution in [0.5, 0.6) is 6.01 Å². The van der Waals surface area contributed by atoms with Crippen LogP contribution < -0.4 is 10.1 Å². The molecule has 27 heavy (non-hydrogen) atoms. The van der Waals surface area contributed by atoms with Gasteiger partial charge in [-0.25, -0.2) is 0 Å². The zero-order valence-corrected chi connectivity index (χ0v) is 14.7. The maximum absolute atomic E-state index is 12.9. The highest BCUT2D eigenvalue weighted by atomic mass is 19.4. The lowest BCUT2D eigenvalue weighted by Crippen LogP contribution is -2.07. The molecule has 0 atom stereocenters. The molecule has 0 saturated carbocycles. The van der Waals surface area contributed by atoms with Gasteiger partial charge in [0.2, 0.25) is 5.95 Å². The Labute approximate surface area is 154 Å². The van der Waals surface area contributed by atoms with Crippen LogP contribution in [0.1, 0.15) is 18.1 Å². The first kappa shape index (κ1) is 18.6. The summed E-state index contributed by atoms with van der Waals surface area (Å²) in [4.78, 5) is 12.7. The summed E-state index contributed by atoms with van der Waals surface area (Å²) >= 11 is 0. The molecular weight excluding hydrogens is 357 g/mol. The molecule has 140 valence electrons. The van der Waals surface area contributed by atoms with E-state index in [-0.39, 0.29) is 17.6 Å². The van der Waals surface area contributed by atoms with E-state index < -0.39 is 11.7 Å². The average molecular weight is 374 g/mol. The zero-order chi connectivity index (χ0) is 19.4. The Bertz CT molecular complexity index is 927. The number of benzene rings is 2. The second-order valence-electron chi connectivity index (χ2n) is 5.77. The van der Waals surface area contributed by atoms with E-state index >= 15 is 0 Å². The van der Waals surface area contributed by atoms with Gasteiger partial charge in [-0.05, 0) is 32.0 Å². The lowest BCUT2D eigenvalue weighted by Gasteiger charge is -2.11. The highest BCUT2D eigenvalue weighted by molar-refractivity contribution is 5.60. The minimum absolute atomic E-state index is 0.0950. The van der Waals surface area contributed by atoms with Crippen LogP contribution in [0.25, 0.3) is 11.4 Å². The summed E-state index contributed by atoms with van der Waals surface area (Å²) in [5, 5.41) is 2.79. The number of halogens is 3. The van der Waals surface area contributed by atoms with Gasteiger partial charge in [0, 0.05) is 11.3 Å². The first-order chi connectivity index (χ1) is 12.8. The quantitative estimate of drug-likeness (QED) is 0.680. The SMILES string of the molecule is CCOc1nc(Nc2cccc(C(F)(F)F)c2)nc(-c2ccc(C)cc2)n1. The van der Waals surface area contributed by atoms with Gasteiger partial charge in [-0.3, -0.25) is 0 Å². The molecule has 1 aromatic heterocycles. The average Bonchev–Trinajstić information content (AvgIpc) is 2.62.